The molecule has 1 heterocycles. The Labute approximate surface area is 85.1 Å². The molecule has 15 heavy (non-hydrogen) atoms. The second-order valence-corrected chi connectivity index (χ2v) is 3.29. The van der Waals surface area contributed by atoms with Gasteiger partial charge in [-0.15, -0.1) is 0 Å². The third-order valence-electron chi connectivity index (χ3n) is 2.29. The molecular weight excluding hydrogens is 199 g/mol. The van der Waals surface area contributed by atoms with Crippen LogP contribution in [0.2, 0.25) is 0 Å². The van der Waals surface area contributed by atoms with Gasteiger partial charge in [-0.1, -0.05) is 12.1 Å². The lowest BCUT2D eigenvalue weighted by Crippen LogP contribution is -1.96. The number of aromatic carboxylic acids is 1. The van der Waals surface area contributed by atoms with E-state index in [0.29, 0.717) is 10.9 Å². The van der Waals surface area contributed by atoms with Crippen molar-refractivity contribution >= 4 is 16.9 Å². The minimum absolute atomic E-state index is 0.0550. The molecule has 0 fully saturated rings. The van der Waals surface area contributed by atoms with Gasteiger partial charge in [0.1, 0.15) is 17.3 Å². The molecule has 1 unspecified atom stereocenters. The summed E-state index contributed by atoms with van der Waals surface area (Å²) in [5.41, 5.74) is 0.664. The average Bonchev–Trinajstić information content (AvgIpc) is 2.59. The minimum Gasteiger partial charge on any atom is -0.478 e. The van der Waals surface area contributed by atoms with E-state index >= 15 is 0 Å². The molecule has 0 aliphatic rings. The van der Waals surface area contributed by atoms with E-state index < -0.39 is 12.1 Å². The van der Waals surface area contributed by atoms with Gasteiger partial charge in [-0.25, -0.2) is 9.18 Å². The van der Waals surface area contributed by atoms with Gasteiger partial charge in [0, 0.05) is 10.9 Å². The zero-order valence-electron chi connectivity index (χ0n) is 8.03. The maximum Gasteiger partial charge on any atom is 0.339 e. The Balaban J connectivity index is 2.74. The van der Waals surface area contributed by atoms with E-state index in [1.165, 1.54) is 19.3 Å². The van der Waals surface area contributed by atoms with Crippen molar-refractivity contribution in [3.63, 3.8) is 0 Å². The van der Waals surface area contributed by atoms with Gasteiger partial charge < -0.3 is 9.52 Å². The Morgan fingerprint density at radius 3 is 2.87 bits per heavy atom. The molecule has 1 N–H and O–H groups in total. The van der Waals surface area contributed by atoms with Gasteiger partial charge in [0.05, 0.1) is 6.26 Å². The van der Waals surface area contributed by atoms with Crippen LogP contribution in [0.25, 0.3) is 11.0 Å². The molecule has 0 aliphatic heterocycles. The fraction of sp³-hybridized carbons (Fsp3) is 0.182. The van der Waals surface area contributed by atoms with E-state index in [2.05, 4.69) is 0 Å². The lowest BCUT2D eigenvalue weighted by Gasteiger charge is -1.98. The Morgan fingerprint density at radius 2 is 2.27 bits per heavy atom. The van der Waals surface area contributed by atoms with Gasteiger partial charge in [0.15, 0.2) is 0 Å². The van der Waals surface area contributed by atoms with Crippen molar-refractivity contribution < 1.29 is 18.7 Å². The molecule has 1 aromatic carbocycles. The smallest absolute Gasteiger partial charge is 0.339 e. The van der Waals surface area contributed by atoms with E-state index in [-0.39, 0.29) is 11.1 Å². The highest BCUT2D eigenvalue weighted by Gasteiger charge is 2.16. The Kier molecular flexibility index (Phi) is 2.19. The lowest BCUT2D eigenvalue weighted by molar-refractivity contribution is 0.0698. The van der Waals surface area contributed by atoms with Crippen molar-refractivity contribution in [3.05, 3.63) is 35.6 Å². The number of alkyl halides is 1. The van der Waals surface area contributed by atoms with Gasteiger partial charge in [-0.3, -0.25) is 0 Å². The van der Waals surface area contributed by atoms with Crippen molar-refractivity contribution in [2.75, 3.05) is 0 Å². The molecule has 1 aromatic heterocycles. The predicted octanol–water partition coefficient (Wildman–Crippen LogP) is 3.16. The summed E-state index contributed by atoms with van der Waals surface area (Å²) >= 11 is 0. The molecular formula is C11H9FO3. The number of hydrogen-bond donors (Lipinski definition) is 1. The summed E-state index contributed by atoms with van der Waals surface area (Å²) < 4.78 is 18.2. The SMILES string of the molecule is CC(F)c1coc2c(C(=O)O)cccc12. The fourth-order valence-corrected chi connectivity index (χ4v) is 1.55. The lowest BCUT2D eigenvalue weighted by atomic mass is 10.1. The van der Waals surface area contributed by atoms with E-state index in [9.17, 15) is 9.18 Å². The van der Waals surface area contributed by atoms with Gasteiger partial charge in [0.2, 0.25) is 0 Å². The zero-order valence-corrected chi connectivity index (χ0v) is 8.03. The number of para-hydroxylation sites is 1. The molecule has 2 rings (SSSR count). The Bertz CT molecular complexity index is 514. The summed E-state index contributed by atoms with van der Waals surface area (Å²) in [6.07, 6.45) is 0.0946. The van der Waals surface area contributed by atoms with Crippen LogP contribution in [0, 0.1) is 0 Å². The highest BCUT2D eigenvalue weighted by Crippen LogP contribution is 2.30. The fourth-order valence-electron chi connectivity index (χ4n) is 1.55. The van der Waals surface area contributed by atoms with Gasteiger partial charge in [0.25, 0.3) is 0 Å². The molecule has 0 saturated heterocycles. The summed E-state index contributed by atoms with van der Waals surface area (Å²) in [5, 5.41) is 9.40. The number of carboxylic acids is 1. The molecule has 1 atom stereocenters. The normalized spacial score (nSPS) is 12.9. The molecule has 0 saturated carbocycles. The van der Waals surface area contributed by atoms with Crippen LogP contribution in [0.15, 0.2) is 28.9 Å². The van der Waals surface area contributed by atoms with E-state index in [1.54, 1.807) is 12.1 Å². The third-order valence-corrected chi connectivity index (χ3v) is 2.29. The topological polar surface area (TPSA) is 50.4 Å². The van der Waals surface area contributed by atoms with Crippen LogP contribution in [-0.2, 0) is 0 Å². The first kappa shape index (κ1) is 9.71. The molecule has 4 heteroatoms. The summed E-state index contributed by atoms with van der Waals surface area (Å²) in [4.78, 5) is 10.8. The van der Waals surface area contributed by atoms with E-state index in [4.69, 9.17) is 9.52 Å². The molecule has 0 amide bonds. The molecule has 3 nitrogen and oxygen atoms in total. The first-order valence-corrected chi connectivity index (χ1v) is 4.48. The maximum absolute atomic E-state index is 13.1. The van der Waals surface area contributed by atoms with Crippen molar-refractivity contribution in [3.8, 4) is 0 Å². The number of carbonyl (C=O) groups is 1. The highest BCUT2D eigenvalue weighted by atomic mass is 19.1. The van der Waals surface area contributed by atoms with Crippen molar-refractivity contribution in [2.45, 2.75) is 13.1 Å². The van der Waals surface area contributed by atoms with Gasteiger partial charge in [-0.2, -0.15) is 0 Å². The minimum atomic E-state index is -1.17. The molecule has 0 radical (unpaired) electrons. The van der Waals surface area contributed by atoms with Crippen LogP contribution in [0.4, 0.5) is 4.39 Å². The number of fused-ring (bicyclic) bond motifs is 1. The first-order valence-electron chi connectivity index (χ1n) is 4.48. The standard InChI is InChI=1S/C11H9FO3/c1-6(12)9-5-15-10-7(9)3-2-4-8(10)11(13)14/h2-6H,1H3,(H,13,14). The predicted molar refractivity (Wildman–Crippen MR) is 52.7 cm³/mol. The van der Waals surface area contributed by atoms with Crippen molar-refractivity contribution in [2.24, 2.45) is 0 Å². The zero-order chi connectivity index (χ0) is 11.0. The number of carboxylic acid groups (broad SMARTS) is 1. The monoisotopic (exact) mass is 208 g/mol. The van der Waals surface area contributed by atoms with Crippen LogP contribution < -0.4 is 0 Å². The number of furan rings is 1. The van der Waals surface area contributed by atoms with Gasteiger partial charge >= 0.3 is 5.97 Å². The number of benzene rings is 1. The van der Waals surface area contributed by atoms with Crippen molar-refractivity contribution in [1.29, 1.82) is 0 Å². The average molecular weight is 208 g/mol. The highest BCUT2D eigenvalue weighted by molar-refractivity contribution is 6.01. The first-order chi connectivity index (χ1) is 7.11. The maximum atomic E-state index is 13.1. The second kappa shape index (κ2) is 3.38. The van der Waals surface area contributed by atoms with Crippen LogP contribution in [-0.4, -0.2) is 11.1 Å². The number of rotatable bonds is 2. The van der Waals surface area contributed by atoms with Crippen LogP contribution in [0.3, 0.4) is 0 Å². The molecule has 0 spiro atoms. The largest absolute Gasteiger partial charge is 0.478 e. The summed E-state index contributed by atoms with van der Waals surface area (Å²) in [5.74, 6) is -1.08. The Hall–Kier alpha value is -1.84. The third kappa shape index (κ3) is 1.48. The quantitative estimate of drug-likeness (QED) is 0.824. The van der Waals surface area contributed by atoms with Crippen LogP contribution in [0.5, 0.6) is 0 Å². The molecule has 0 bridgehead atoms. The summed E-state index contributed by atoms with van der Waals surface area (Å²) in [6.45, 7) is 1.39. The summed E-state index contributed by atoms with van der Waals surface area (Å²) in [6, 6.07) is 4.66. The summed E-state index contributed by atoms with van der Waals surface area (Å²) in [7, 11) is 0. The second-order valence-electron chi connectivity index (χ2n) is 3.29. The van der Waals surface area contributed by atoms with Crippen LogP contribution in [0.1, 0.15) is 29.0 Å². The van der Waals surface area contributed by atoms with Crippen molar-refractivity contribution in [1.82, 2.24) is 0 Å². The van der Waals surface area contributed by atoms with Gasteiger partial charge in [-0.05, 0) is 13.0 Å². The Morgan fingerprint density at radius 1 is 1.53 bits per heavy atom. The number of halogens is 1. The molecule has 2 aromatic rings. The van der Waals surface area contributed by atoms with E-state index in [0.717, 1.165) is 0 Å². The molecule has 78 valence electrons. The molecule has 0 aliphatic carbocycles. The van der Waals surface area contributed by atoms with E-state index in [1.807, 2.05) is 0 Å². The van der Waals surface area contributed by atoms with Crippen LogP contribution >= 0.6 is 0 Å². The number of hydrogen-bond acceptors (Lipinski definition) is 2.